The van der Waals surface area contributed by atoms with Gasteiger partial charge in [0.25, 0.3) is 0 Å². The smallest absolute Gasteiger partial charge is 0.340 e. The first-order valence-corrected chi connectivity index (χ1v) is 5.60. The van der Waals surface area contributed by atoms with Crippen LogP contribution in [0.2, 0.25) is 0 Å². The number of hydrogen-bond acceptors (Lipinski definition) is 6. The number of anilines is 1. The van der Waals surface area contributed by atoms with E-state index < -0.39 is 19.0 Å². The Morgan fingerprint density at radius 1 is 1.40 bits per heavy atom. The fourth-order valence-electron chi connectivity index (χ4n) is 1.11. The van der Waals surface area contributed by atoms with Crippen LogP contribution >= 0.6 is 0 Å². The molecule has 1 heterocycles. The lowest BCUT2D eigenvalue weighted by Gasteiger charge is -2.16. The molecule has 10 heteroatoms. The van der Waals surface area contributed by atoms with Crippen LogP contribution in [-0.4, -0.2) is 35.5 Å². The molecule has 1 aromatic rings. The van der Waals surface area contributed by atoms with Crippen LogP contribution in [0.5, 0.6) is 5.88 Å². The Balaban J connectivity index is 2.78. The predicted octanol–water partition coefficient (Wildman–Crippen LogP) is 1.58. The normalized spacial score (nSPS) is 11.8. The highest BCUT2D eigenvalue weighted by atomic mass is 19.3. The molecule has 0 aliphatic carbocycles. The molecule has 0 fully saturated rings. The molecule has 3 N–H and O–H groups in total. The average Bonchev–Trinajstić information content (AvgIpc) is 2.42. The van der Waals surface area contributed by atoms with E-state index in [1.165, 1.54) is 0 Å². The van der Waals surface area contributed by atoms with Crippen molar-refractivity contribution in [3.8, 4) is 5.88 Å². The van der Waals surface area contributed by atoms with Crippen molar-refractivity contribution in [2.45, 2.75) is 25.9 Å². The maximum Gasteiger partial charge on any atom is 0.340 e. The summed E-state index contributed by atoms with van der Waals surface area (Å²) in [5.74, 6) is 0.787. The van der Waals surface area contributed by atoms with Gasteiger partial charge in [-0.2, -0.15) is 13.8 Å². The summed E-state index contributed by atoms with van der Waals surface area (Å²) in [7, 11) is 0. The molecule has 0 aromatic carbocycles. The van der Waals surface area contributed by atoms with Crippen LogP contribution in [0.15, 0.2) is 6.07 Å². The number of nitrogens with one attached hydrogen (secondary N) is 1. The summed E-state index contributed by atoms with van der Waals surface area (Å²) in [4.78, 5) is 7.63. The molecule has 20 heavy (non-hydrogen) atoms. The van der Waals surface area contributed by atoms with Crippen LogP contribution in [-0.2, 0) is 11.3 Å². The minimum Gasteiger partial charge on any atom is -0.471 e. The first-order chi connectivity index (χ1) is 9.39. The van der Waals surface area contributed by atoms with Gasteiger partial charge in [0.1, 0.15) is 12.4 Å². The molecule has 0 aliphatic heterocycles. The molecular formula is C10H14F4N4O2. The number of nitrogens with two attached hydrogens (primary N) is 1. The van der Waals surface area contributed by atoms with Crippen LogP contribution in [0, 0.1) is 0 Å². The highest BCUT2D eigenvalue weighted by Gasteiger charge is 2.41. The monoisotopic (exact) mass is 298 g/mol. The quantitative estimate of drug-likeness (QED) is 0.431. The molecule has 6 nitrogen and oxygen atoms in total. The van der Waals surface area contributed by atoms with E-state index in [0.29, 0.717) is 6.61 Å². The van der Waals surface area contributed by atoms with Crippen molar-refractivity contribution in [2.75, 3.05) is 18.6 Å². The molecule has 114 valence electrons. The van der Waals surface area contributed by atoms with Gasteiger partial charge >= 0.3 is 12.3 Å². The maximum atomic E-state index is 12.7. The topological polar surface area (TPSA) is 82.3 Å². The summed E-state index contributed by atoms with van der Waals surface area (Å²) in [6.45, 7) is 0.641. The number of alkyl halides is 4. The SMILES string of the molecule is CCOCc1nc(NN)cc(OCC(F)(F)C(F)F)n1. The van der Waals surface area contributed by atoms with Crippen molar-refractivity contribution in [3.63, 3.8) is 0 Å². The van der Waals surface area contributed by atoms with Crippen LogP contribution in [0.1, 0.15) is 12.7 Å². The van der Waals surface area contributed by atoms with Gasteiger partial charge in [0.15, 0.2) is 12.4 Å². The minimum absolute atomic E-state index is 0.00756. The van der Waals surface area contributed by atoms with E-state index in [4.69, 9.17) is 10.6 Å². The van der Waals surface area contributed by atoms with Crippen LogP contribution < -0.4 is 16.0 Å². The van der Waals surface area contributed by atoms with Gasteiger partial charge in [0, 0.05) is 12.7 Å². The second-order valence-corrected chi connectivity index (χ2v) is 3.64. The third kappa shape index (κ3) is 4.78. The number of aromatic nitrogens is 2. The molecule has 0 unspecified atom stereocenters. The zero-order valence-electron chi connectivity index (χ0n) is 10.6. The third-order valence-electron chi connectivity index (χ3n) is 2.06. The molecule has 0 saturated heterocycles. The van der Waals surface area contributed by atoms with E-state index in [2.05, 4.69) is 20.1 Å². The minimum atomic E-state index is -4.26. The zero-order chi connectivity index (χ0) is 15.2. The standard InChI is InChI=1S/C10H14F4N4O2/c1-2-19-4-7-16-6(18-15)3-8(17-7)20-5-10(13,14)9(11)12/h3,9H,2,4-5,15H2,1H3,(H,16,17,18). The van der Waals surface area contributed by atoms with E-state index in [9.17, 15) is 17.6 Å². The van der Waals surface area contributed by atoms with Gasteiger partial charge in [-0.1, -0.05) is 0 Å². The van der Waals surface area contributed by atoms with Gasteiger partial charge in [-0.3, -0.25) is 0 Å². The molecule has 0 spiro atoms. The Morgan fingerprint density at radius 3 is 2.65 bits per heavy atom. The number of hydrazine groups is 1. The Kier molecular flexibility index (Phi) is 5.89. The Bertz CT molecular complexity index is 434. The lowest BCUT2D eigenvalue weighted by Crippen LogP contribution is -2.34. The summed E-state index contributed by atoms with van der Waals surface area (Å²) in [5.41, 5.74) is 2.18. The second kappa shape index (κ2) is 7.20. The Hall–Kier alpha value is -1.68. The number of rotatable bonds is 8. The van der Waals surface area contributed by atoms with E-state index in [1.54, 1.807) is 6.92 Å². The van der Waals surface area contributed by atoms with Crippen molar-refractivity contribution in [1.82, 2.24) is 9.97 Å². The van der Waals surface area contributed by atoms with Gasteiger partial charge in [0.2, 0.25) is 5.88 Å². The van der Waals surface area contributed by atoms with Crippen LogP contribution in [0.25, 0.3) is 0 Å². The van der Waals surface area contributed by atoms with E-state index >= 15 is 0 Å². The number of ether oxygens (including phenoxy) is 2. The second-order valence-electron chi connectivity index (χ2n) is 3.64. The highest BCUT2D eigenvalue weighted by molar-refractivity contribution is 5.36. The van der Waals surface area contributed by atoms with E-state index in [0.717, 1.165) is 6.07 Å². The molecule has 0 atom stereocenters. The fourth-order valence-corrected chi connectivity index (χ4v) is 1.11. The zero-order valence-corrected chi connectivity index (χ0v) is 10.6. The summed E-state index contributed by atoms with van der Waals surface area (Å²) < 4.78 is 59.1. The molecule has 0 saturated carbocycles. The van der Waals surface area contributed by atoms with Gasteiger partial charge < -0.3 is 14.9 Å². The molecular weight excluding hydrogens is 284 g/mol. The number of nitrogen functional groups attached to an aromatic ring is 1. The van der Waals surface area contributed by atoms with Gasteiger partial charge in [-0.15, -0.1) is 0 Å². The molecule has 1 aromatic heterocycles. The summed E-state index contributed by atoms with van der Waals surface area (Å²) in [6.07, 6.45) is -3.82. The summed E-state index contributed by atoms with van der Waals surface area (Å²) in [6, 6.07) is 1.11. The summed E-state index contributed by atoms with van der Waals surface area (Å²) >= 11 is 0. The van der Waals surface area contributed by atoms with Crippen molar-refractivity contribution in [1.29, 1.82) is 0 Å². The van der Waals surface area contributed by atoms with Crippen molar-refractivity contribution in [2.24, 2.45) is 5.84 Å². The van der Waals surface area contributed by atoms with Crippen LogP contribution in [0.4, 0.5) is 23.4 Å². The first kappa shape index (κ1) is 16.4. The van der Waals surface area contributed by atoms with Crippen molar-refractivity contribution >= 4 is 5.82 Å². The molecule has 0 aliphatic rings. The number of hydrogen-bond donors (Lipinski definition) is 2. The lowest BCUT2D eigenvalue weighted by atomic mass is 10.4. The largest absolute Gasteiger partial charge is 0.471 e. The van der Waals surface area contributed by atoms with Crippen molar-refractivity contribution < 1.29 is 27.0 Å². The van der Waals surface area contributed by atoms with Gasteiger partial charge in [-0.25, -0.2) is 19.6 Å². The maximum absolute atomic E-state index is 12.7. The Labute approximate surface area is 112 Å². The van der Waals surface area contributed by atoms with E-state index in [-0.39, 0.29) is 24.1 Å². The van der Waals surface area contributed by atoms with Gasteiger partial charge in [-0.05, 0) is 6.92 Å². The first-order valence-electron chi connectivity index (χ1n) is 5.60. The van der Waals surface area contributed by atoms with Gasteiger partial charge in [0.05, 0.1) is 0 Å². The Morgan fingerprint density at radius 2 is 2.10 bits per heavy atom. The van der Waals surface area contributed by atoms with Crippen LogP contribution in [0.3, 0.4) is 0 Å². The average molecular weight is 298 g/mol. The summed E-state index contributed by atoms with van der Waals surface area (Å²) in [5, 5.41) is 0. The molecule has 0 amide bonds. The van der Waals surface area contributed by atoms with E-state index in [1.807, 2.05) is 0 Å². The fraction of sp³-hybridized carbons (Fsp3) is 0.600. The molecule has 0 bridgehead atoms. The predicted molar refractivity (Wildman–Crippen MR) is 61.6 cm³/mol. The number of halogens is 4. The number of nitrogens with zero attached hydrogens (tertiary/aromatic N) is 2. The van der Waals surface area contributed by atoms with Crippen molar-refractivity contribution in [3.05, 3.63) is 11.9 Å². The molecule has 0 radical (unpaired) electrons. The highest BCUT2D eigenvalue weighted by Crippen LogP contribution is 2.24. The third-order valence-corrected chi connectivity index (χ3v) is 2.06. The lowest BCUT2D eigenvalue weighted by molar-refractivity contribution is -0.148. The molecule has 1 rings (SSSR count).